The smallest absolute Gasteiger partial charge is 0.410 e. The first-order valence-corrected chi connectivity index (χ1v) is 9.52. The second-order valence-corrected chi connectivity index (χ2v) is 7.77. The van der Waals surface area contributed by atoms with Crippen LogP contribution in [0.3, 0.4) is 0 Å². The number of ether oxygens (including phenoxy) is 1. The Labute approximate surface area is 153 Å². The summed E-state index contributed by atoms with van der Waals surface area (Å²) in [7, 11) is 0. The maximum atomic E-state index is 12.7. The number of hydrogen-bond acceptors (Lipinski definition) is 3. The van der Waals surface area contributed by atoms with E-state index in [0.717, 1.165) is 25.8 Å². The fourth-order valence-corrected chi connectivity index (χ4v) is 5.05. The number of piperidine rings is 2. The highest BCUT2D eigenvalue weighted by molar-refractivity contribution is 5.79. The van der Waals surface area contributed by atoms with Crippen molar-refractivity contribution in [3.8, 4) is 11.1 Å². The van der Waals surface area contributed by atoms with Crippen LogP contribution in [-0.4, -0.2) is 41.4 Å². The maximum Gasteiger partial charge on any atom is 0.410 e. The zero-order valence-corrected chi connectivity index (χ0v) is 14.7. The Morgan fingerprint density at radius 1 is 1.04 bits per heavy atom. The molecule has 3 atom stereocenters. The molecule has 4 nitrogen and oxygen atoms in total. The topological polar surface area (TPSA) is 49.8 Å². The van der Waals surface area contributed by atoms with Crippen LogP contribution in [-0.2, 0) is 4.74 Å². The van der Waals surface area contributed by atoms with Crippen LogP contribution in [0.25, 0.3) is 11.1 Å². The molecule has 2 aliphatic heterocycles. The minimum absolute atomic E-state index is 0.0735. The standard InChI is InChI=1S/C22H23NO3/c24-21-11-14-9-10-20(21)23(12-14)22(25)26-13-19-17-7-3-1-5-15(17)16-6-2-4-8-18(16)19/h1-8,14,19-21,24H,9-13H2. The molecule has 1 saturated carbocycles. The molecule has 3 unspecified atom stereocenters. The molecule has 2 heterocycles. The van der Waals surface area contributed by atoms with Gasteiger partial charge in [-0.05, 0) is 47.4 Å². The Morgan fingerprint density at radius 2 is 1.69 bits per heavy atom. The number of rotatable bonds is 2. The number of nitrogens with zero attached hydrogens (tertiary/aromatic N) is 1. The molecule has 0 aromatic heterocycles. The van der Waals surface area contributed by atoms with E-state index in [2.05, 4.69) is 36.4 Å². The average molecular weight is 349 g/mol. The van der Waals surface area contributed by atoms with Gasteiger partial charge >= 0.3 is 6.09 Å². The first-order chi connectivity index (χ1) is 12.7. The Kier molecular flexibility index (Phi) is 3.75. The third-order valence-corrected chi connectivity index (χ3v) is 6.32. The number of hydrogen-bond donors (Lipinski definition) is 1. The molecular weight excluding hydrogens is 326 g/mol. The Bertz CT molecular complexity index is 803. The van der Waals surface area contributed by atoms with Crippen LogP contribution < -0.4 is 0 Å². The van der Waals surface area contributed by atoms with Crippen molar-refractivity contribution in [1.82, 2.24) is 4.90 Å². The number of amides is 1. The van der Waals surface area contributed by atoms with Gasteiger partial charge in [0.1, 0.15) is 6.61 Å². The van der Waals surface area contributed by atoms with Crippen molar-refractivity contribution in [2.45, 2.75) is 37.3 Å². The van der Waals surface area contributed by atoms with Crippen LogP contribution in [0.5, 0.6) is 0 Å². The van der Waals surface area contributed by atoms with Gasteiger partial charge in [-0.3, -0.25) is 0 Å². The fraction of sp³-hybridized carbons (Fsp3) is 0.409. The van der Waals surface area contributed by atoms with Crippen LogP contribution in [0.2, 0.25) is 0 Å². The van der Waals surface area contributed by atoms with E-state index in [4.69, 9.17) is 4.74 Å². The number of carbonyl (C=O) groups excluding carboxylic acids is 1. The summed E-state index contributed by atoms with van der Waals surface area (Å²) in [6.45, 7) is 1.06. The van der Waals surface area contributed by atoms with E-state index < -0.39 is 6.10 Å². The van der Waals surface area contributed by atoms with Gasteiger partial charge in [0.25, 0.3) is 0 Å². The van der Waals surface area contributed by atoms with E-state index in [-0.39, 0.29) is 18.1 Å². The van der Waals surface area contributed by atoms with Crippen LogP contribution in [0.4, 0.5) is 4.79 Å². The molecular formula is C22H23NO3. The summed E-state index contributed by atoms with van der Waals surface area (Å²) in [6.07, 6.45) is 2.13. The molecule has 2 aromatic rings. The minimum atomic E-state index is -0.400. The highest BCUT2D eigenvalue weighted by Crippen LogP contribution is 2.44. The average Bonchev–Trinajstić information content (AvgIpc) is 3.00. The first kappa shape index (κ1) is 15.9. The van der Waals surface area contributed by atoms with E-state index in [1.165, 1.54) is 22.3 Å². The minimum Gasteiger partial charge on any atom is -0.448 e. The van der Waals surface area contributed by atoms with Crippen molar-refractivity contribution in [3.63, 3.8) is 0 Å². The summed E-state index contributed by atoms with van der Waals surface area (Å²) >= 11 is 0. The van der Waals surface area contributed by atoms with Gasteiger partial charge in [-0.1, -0.05) is 48.5 Å². The maximum absolute atomic E-state index is 12.7. The second-order valence-electron chi connectivity index (χ2n) is 7.77. The molecule has 6 rings (SSSR count). The van der Waals surface area contributed by atoms with E-state index in [1.807, 2.05) is 12.1 Å². The molecule has 2 aliphatic carbocycles. The van der Waals surface area contributed by atoms with Gasteiger partial charge in [0.2, 0.25) is 0 Å². The number of carbonyl (C=O) groups is 1. The largest absolute Gasteiger partial charge is 0.448 e. The van der Waals surface area contributed by atoms with E-state index in [9.17, 15) is 9.90 Å². The summed E-state index contributed by atoms with van der Waals surface area (Å²) in [5.41, 5.74) is 4.91. The summed E-state index contributed by atoms with van der Waals surface area (Å²) in [5.74, 6) is 0.494. The van der Waals surface area contributed by atoms with Crippen molar-refractivity contribution in [2.24, 2.45) is 5.92 Å². The highest BCUT2D eigenvalue weighted by Gasteiger charge is 2.43. The summed E-state index contributed by atoms with van der Waals surface area (Å²) in [4.78, 5) is 14.5. The zero-order chi connectivity index (χ0) is 17.7. The molecule has 2 bridgehead atoms. The van der Waals surface area contributed by atoms with Gasteiger partial charge in [0, 0.05) is 12.5 Å². The molecule has 3 fully saturated rings. The Hall–Kier alpha value is -2.33. The lowest BCUT2D eigenvalue weighted by Gasteiger charge is -2.47. The van der Waals surface area contributed by atoms with Crippen molar-refractivity contribution < 1.29 is 14.6 Å². The fourth-order valence-electron chi connectivity index (χ4n) is 5.05. The monoisotopic (exact) mass is 349 g/mol. The van der Waals surface area contributed by atoms with Gasteiger partial charge < -0.3 is 14.7 Å². The number of benzene rings is 2. The molecule has 26 heavy (non-hydrogen) atoms. The SMILES string of the molecule is O=C(OCC1c2ccccc2-c2ccccc21)N1CC2CCC1C(O)C2. The summed E-state index contributed by atoms with van der Waals surface area (Å²) in [5, 5.41) is 10.2. The van der Waals surface area contributed by atoms with Crippen molar-refractivity contribution in [3.05, 3.63) is 59.7 Å². The predicted molar refractivity (Wildman–Crippen MR) is 98.9 cm³/mol. The van der Waals surface area contributed by atoms with E-state index >= 15 is 0 Å². The van der Waals surface area contributed by atoms with E-state index in [1.54, 1.807) is 4.90 Å². The second kappa shape index (κ2) is 6.13. The molecule has 1 N–H and O–H groups in total. The number of fused-ring (bicyclic) bond motifs is 6. The molecule has 4 heteroatoms. The zero-order valence-electron chi connectivity index (χ0n) is 14.7. The summed E-state index contributed by atoms with van der Waals surface area (Å²) in [6, 6.07) is 16.6. The van der Waals surface area contributed by atoms with Crippen molar-refractivity contribution >= 4 is 6.09 Å². The van der Waals surface area contributed by atoms with Crippen LogP contribution >= 0.6 is 0 Å². The number of aliphatic hydroxyl groups is 1. The first-order valence-electron chi connectivity index (χ1n) is 9.52. The van der Waals surface area contributed by atoms with Crippen molar-refractivity contribution in [2.75, 3.05) is 13.2 Å². The Balaban J connectivity index is 1.35. The Morgan fingerprint density at radius 3 is 2.31 bits per heavy atom. The molecule has 1 amide bonds. The van der Waals surface area contributed by atoms with Gasteiger partial charge in [0.05, 0.1) is 12.1 Å². The normalized spacial score (nSPS) is 26.5. The predicted octanol–water partition coefficient (Wildman–Crippen LogP) is 3.78. The number of aliphatic hydroxyl groups excluding tert-OH is 1. The van der Waals surface area contributed by atoms with E-state index in [0.29, 0.717) is 12.5 Å². The molecule has 2 aromatic carbocycles. The van der Waals surface area contributed by atoms with Crippen LogP contribution in [0, 0.1) is 5.92 Å². The lowest BCUT2D eigenvalue weighted by atomic mass is 9.78. The highest BCUT2D eigenvalue weighted by atomic mass is 16.6. The molecule has 0 radical (unpaired) electrons. The lowest BCUT2D eigenvalue weighted by Crippen LogP contribution is -2.57. The molecule has 2 saturated heterocycles. The van der Waals surface area contributed by atoms with Gasteiger partial charge in [-0.2, -0.15) is 0 Å². The van der Waals surface area contributed by atoms with Gasteiger partial charge in [0.15, 0.2) is 0 Å². The lowest BCUT2D eigenvalue weighted by molar-refractivity contribution is -0.0494. The molecule has 0 spiro atoms. The van der Waals surface area contributed by atoms with Crippen LogP contribution in [0.15, 0.2) is 48.5 Å². The summed E-state index contributed by atoms with van der Waals surface area (Å²) < 4.78 is 5.76. The van der Waals surface area contributed by atoms with Crippen molar-refractivity contribution in [1.29, 1.82) is 0 Å². The van der Waals surface area contributed by atoms with Gasteiger partial charge in [-0.25, -0.2) is 4.79 Å². The molecule has 134 valence electrons. The quantitative estimate of drug-likeness (QED) is 0.898. The molecule has 4 aliphatic rings. The van der Waals surface area contributed by atoms with Gasteiger partial charge in [-0.15, -0.1) is 0 Å². The van der Waals surface area contributed by atoms with Crippen LogP contribution in [0.1, 0.15) is 36.3 Å². The third-order valence-electron chi connectivity index (χ3n) is 6.32. The third kappa shape index (κ3) is 2.43.